The van der Waals surface area contributed by atoms with E-state index in [0.717, 1.165) is 94.3 Å². The molecule has 11 aromatic rings. The molecule has 0 spiro atoms. The van der Waals surface area contributed by atoms with Crippen molar-refractivity contribution in [1.82, 2.24) is 0 Å². The van der Waals surface area contributed by atoms with Crippen LogP contribution in [0.5, 0.6) is 0 Å². The van der Waals surface area contributed by atoms with Gasteiger partial charge in [0.15, 0.2) is 0 Å². The molecule has 3 nitrogen and oxygen atoms in total. The minimum atomic E-state index is 0.0356. The average molecular weight is 786 g/mol. The van der Waals surface area contributed by atoms with Gasteiger partial charge < -0.3 is 13.7 Å². The standard InChI is InChI=1S/C58H43NO2/c1-58(2,3)42-29-23-41(24-30-42)53-37-45(35-36-47(53)50-18-12-20-52-49-16-8-10-22-55(49)61-57(50)52)59(43-31-25-39(26-32-43)38-13-5-4-6-14-38)44-33-27-40(28-34-44)46-17-11-19-51-48-15-7-9-21-54(48)60-56(46)51/h4-37H,1-3H3. The van der Waals surface area contributed by atoms with Crippen LogP contribution in [0.25, 0.3) is 88.4 Å². The van der Waals surface area contributed by atoms with Gasteiger partial charge >= 0.3 is 0 Å². The van der Waals surface area contributed by atoms with Crippen LogP contribution in [0.3, 0.4) is 0 Å². The zero-order chi connectivity index (χ0) is 41.1. The maximum atomic E-state index is 6.63. The van der Waals surface area contributed by atoms with Crippen LogP contribution in [0.1, 0.15) is 26.3 Å². The van der Waals surface area contributed by atoms with Gasteiger partial charge in [-0.1, -0.05) is 178 Å². The number of rotatable bonds is 7. The molecular weight excluding hydrogens is 743 g/mol. The van der Waals surface area contributed by atoms with E-state index in [4.69, 9.17) is 8.83 Å². The van der Waals surface area contributed by atoms with Gasteiger partial charge in [0.1, 0.15) is 22.3 Å². The van der Waals surface area contributed by atoms with Crippen LogP contribution in [0, 0.1) is 0 Å². The number of hydrogen-bond acceptors (Lipinski definition) is 3. The fourth-order valence-corrected chi connectivity index (χ4v) is 8.90. The number of anilines is 3. The summed E-state index contributed by atoms with van der Waals surface area (Å²) >= 11 is 0. The summed E-state index contributed by atoms with van der Waals surface area (Å²) in [5, 5.41) is 4.49. The van der Waals surface area contributed by atoms with Gasteiger partial charge in [-0.15, -0.1) is 0 Å². The lowest BCUT2D eigenvalue weighted by molar-refractivity contribution is 0.590. The number of benzene rings is 9. The van der Waals surface area contributed by atoms with Crippen molar-refractivity contribution in [3.63, 3.8) is 0 Å². The Hall–Kier alpha value is -7.62. The number of nitrogens with zero attached hydrogens (tertiary/aromatic N) is 1. The first-order chi connectivity index (χ1) is 29.9. The monoisotopic (exact) mass is 785 g/mol. The van der Waals surface area contributed by atoms with Crippen molar-refractivity contribution in [3.05, 3.63) is 212 Å². The Morgan fingerprint density at radius 3 is 1.39 bits per heavy atom. The molecule has 0 aliphatic rings. The first kappa shape index (κ1) is 36.5. The Morgan fingerprint density at radius 1 is 0.328 bits per heavy atom. The van der Waals surface area contributed by atoms with E-state index in [1.54, 1.807) is 0 Å². The summed E-state index contributed by atoms with van der Waals surface area (Å²) in [6.07, 6.45) is 0. The quantitative estimate of drug-likeness (QED) is 0.161. The van der Waals surface area contributed by atoms with Crippen molar-refractivity contribution in [1.29, 1.82) is 0 Å². The second-order valence-corrected chi connectivity index (χ2v) is 16.9. The van der Waals surface area contributed by atoms with Gasteiger partial charge in [0, 0.05) is 49.7 Å². The average Bonchev–Trinajstić information content (AvgIpc) is 3.89. The molecule has 0 N–H and O–H groups in total. The highest BCUT2D eigenvalue weighted by Gasteiger charge is 2.21. The number of furan rings is 2. The summed E-state index contributed by atoms with van der Waals surface area (Å²) < 4.78 is 13.1. The van der Waals surface area contributed by atoms with E-state index in [9.17, 15) is 0 Å². The lowest BCUT2D eigenvalue weighted by atomic mass is 9.85. The normalized spacial score (nSPS) is 11.9. The first-order valence-electron chi connectivity index (χ1n) is 21.0. The van der Waals surface area contributed by atoms with Gasteiger partial charge in [0.25, 0.3) is 0 Å². The van der Waals surface area contributed by atoms with Crippen molar-refractivity contribution in [2.24, 2.45) is 0 Å². The molecule has 0 saturated carbocycles. The lowest BCUT2D eigenvalue weighted by Gasteiger charge is -2.27. The Morgan fingerprint density at radius 2 is 0.787 bits per heavy atom. The van der Waals surface area contributed by atoms with E-state index < -0.39 is 0 Å². The number of hydrogen-bond donors (Lipinski definition) is 0. The zero-order valence-corrected chi connectivity index (χ0v) is 34.4. The first-order valence-corrected chi connectivity index (χ1v) is 21.0. The summed E-state index contributed by atoms with van der Waals surface area (Å²) in [5.41, 5.74) is 17.1. The molecular formula is C58H43NO2. The van der Waals surface area contributed by atoms with Crippen LogP contribution in [0.4, 0.5) is 17.1 Å². The summed E-state index contributed by atoms with van der Waals surface area (Å²) in [4.78, 5) is 2.36. The summed E-state index contributed by atoms with van der Waals surface area (Å²) in [6, 6.07) is 73.8. The molecule has 9 aromatic carbocycles. The molecule has 0 radical (unpaired) electrons. The second kappa shape index (κ2) is 14.6. The molecule has 2 heterocycles. The Bertz CT molecular complexity index is 3370. The Kier molecular flexibility index (Phi) is 8.72. The van der Waals surface area contributed by atoms with Crippen molar-refractivity contribution < 1.29 is 8.83 Å². The van der Waals surface area contributed by atoms with Gasteiger partial charge in [0.05, 0.1) is 0 Å². The van der Waals surface area contributed by atoms with E-state index in [2.05, 4.69) is 214 Å². The minimum absolute atomic E-state index is 0.0356. The molecule has 0 amide bonds. The lowest BCUT2D eigenvalue weighted by Crippen LogP contribution is -2.11. The van der Waals surface area contributed by atoms with Gasteiger partial charge in [-0.25, -0.2) is 0 Å². The summed E-state index contributed by atoms with van der Waals surface area (Å²) in [7, 11) is 0. The molecule has 0 unspecified atom stereocenters. The highest BCUT2D eigenvalue weighted by Crippen LogP contribution is 2.45. The summed E-state index contributed by atoms with van der Waals surface area (Å²) in [5.74, 6) is 0. The van der Waals surface area contributed by atoms with Gasteiger partial charge in [-0.3, -0.25) is 0 Å². The largest absolute Gasteiger partial charge is 0.455 e. The molecule has 0 fully saturated rings. The molecule has 3 heteroatoms. The highest BCUT2D eigenvalue weighted by atomic mass is 16.3. The highest BCUT2D eigenvalue weighted by molar-refractivity contribution is 6.11. The SMILES string of the molecule is CC(C)(C)c1ccc(-c2cc(N(c3ccc(-c4ccccc4)cc3)c3ccc(-c4cccc5c4oc4ccccc45)cc3)ccc2-c2cccc3c2oc2ccccc23)cc1. The van der Waals surface area contributed by atoms with Crippen LogP contribution in [-0.2, 0) is 5.41 Å². The van der Waals surface area contributed by atoms with Crippen LogP contribution < -0.4 is 4.90 Å². The van der Waals surface area contributed by atoms with E-state index in [-0.39, 0.29) is 5.41 Å². The van der Waals surface area contributed by atoms with Gasteiger partial charge in [-0.2, -0.15) is 0 Å². The topological polar surface area (TPSA) is 29.5 Å². The molecule has 2 aromatic heterocycles. The molecule has 0 bridgehead atoms. The number of para-hydroxylation sites is 4. The van der Waals surface area contributed by atoms with Crippen LogP contribution in [-0.4, -0.2) is 0 Å². The third-order valence-electron chi connectivity index (χ3n) is 12.1. The smallest absolute Gasteiger partial charge is 0.143 e. The fraction of sp³-hybridized carbons (Fsp3) is 0.0690. The Balaban J connectivity index is 1.08. The maximum Gasteiger partial charge on any atom is 0.143 e. The van der Waals surface area contributed by atoms with E-state index in [0.29, 0.717) is 0 Å². The molecule has 0 aliphatic heterocycles. The third-order valence-corrected chi connectivity index (χ3v) is 12.1. The van der Waals surface area contributed by atoms with Crippen molar-refractivity contribution in [2.45, 2.75) is 26.2 Å². The molecule has 0 atom stereocenters. The van der Waals surface area contributed by atoms with Crippen molar-refractivity contribution in [3.8, 4) is 44.5 Å². The predicted molar refractivity (Wildman–Crippen MR) is 256 cm³/mol. The fourth-order valence-electron chi connectivity index (χ4n) is 8.90. The minimum Gasteiger partial charge on any atom is -0.455 e. The van der Waals surface area contributed by atoms with Gasteiger partial charge in [-0.05, 0) is 92.9 Å². The van der Waals surface area contributed by atoms with E-state index >= 15 is 0 Å². The van der Waals surface area contributed by atoms with Crippen LogP contribution in [0.15, 0.2) is 215 Å². The zero-order valence-electron chi connectivity index (χ0n) is 34.4. The summed E-state index contributed by atoms with van der Waals surface area (Å²) in [6.45, 7) is 6.79. The molecule has 0 aliphatic carbocycles. The van der Waals surface area contributed by atoms with Crippen LogP contribution >= 0.6 is 0 Å². The molecule has 11 rings (SSSR count). The molecule has 61 heavy (non-hydrogen) atoms. The maximum absolute atomic E-state index is 6.63. The third kappa shape index (κ3) is 6.47. The number of fused-ring (bicyclic) bond motifs is 6. The molecule has 0 saturated heterocycles. The van der Waals surface area contributed by atoms with E-state index in [1.165, 1.54) is 16.7 Å². The van der Waals surface area contributed by atoms with Crippen molar-refractivity contribution in [2.75, 3.05) is 4.90 Å². The molecule has 292 valence electrons. The second-order valence-electron chi connectivity index (χ2n) is 16.9. The van der Waals surface area contributed by atoms with Crippen molar-refractivity contribution >= 4 is 60.9 Å². The Labute approximate surface area is 355 Å². The van der Waals surface area contributed by atoms with Crippen LogP contribution in [0.2, 0.25) is 0 Å². The van der Waals surface area contributed by atoms with E-state index in [1.807, 2.05) is 18.2 Å². The predicted octanol–water partition coefficient (Wildman–Crippen LogP) is 16.9. The van der Waals surface area contributed by atoms with Gasteiger partial charge in [0.2, 0.25) is 0 Å².